The van der Waals surface area contributed by atoms with Gasteiger partial charge in [-0.1, -0.05) is 103 Å². The van der Waals surface area contributed by atoms with Crippen molar-refractivity contribution in [3.8, 4) is 0 Å². The highest BCUT2D eigenvalue weighted by atomic mass is 16.4. The Morgan fingerprint density at radius 3 is 1.46 bits per heavy atom. The van der Waals surface area contributed by atoms with Crippen molar-refractivity contribution in [2.75, 3.05) is 0 Å². The molecule has 4 heteroatoms. The molecule has 0 aromatic carbocycles. The molecule has 0 radical (unpaired) electrons. The Bertz CT molecular complexity index is 399. The first-order chi connectivity index (χ1) is 13.5. The van der Waals surface area contributed by atoms with E-state index in [-0.39, 0.29) is 6.42 Å². The van der Waals surface area contributed by atoms with Gasteiger partial charge in [0.2, 0.25) is 0 Å². The summed E-state index contributed by atoms with van der Waals surface area (Å²) in [5, 5.41) is 16.7. The number of carboxylic acid groups (broad SMARTS) is 2. The Labute approximate surface area is 173 Å². The summed E-state index contributed by atoms with van der Waals surface area (Å²) in [4.78, 5) is 20.3. The monoisotopic (exact) mass is 396 g/mol. The van der Waals surface area contributed by atoms with E-state index in [9.17, 15) is 9.59 Å². The van der Waals surface area contributed by atoms with E-state index < -0.39 is 11.9 Å². The highest BCUT2D eigenvalue weighted by molar-refractivity contribution is 5.79. The summed E-state index contributed by atoms with van der Waals surface area (Å²) < 4.78 is 0. The second-order valence-corrected chi connectivity index (χ2v) is 7.28. The Balaban J connectivity index is 0. The van der Waals surface area contributed by atoms with Crippen LogP contribution in [0.25, 0.3) is 0 Å². The topological polar surface area (TPSA) is 74.6 Å². The Morgan fingerprint density at radius 2 is 1.04 bits per heavy atom. The molecule has 0 aliphatic carbocycles. The summed E-state index contributed by atoms with van der Waals surface area (Å²) in [6.07, 6.45) is 25.5. The first-order valence-electron chi connectivity index (χ1n) is 11.3. The number of carboxylic acids is 2. The quantitative estimate of drug-likeness (QED) is 0.143. The fourth-order valence-electron chi connectivity index (χ4n) is 2.75. The highest BCUT2D eigenvalue weighted by Crippen LogP contribution is 2.08. The molecule has 0 amide bonds. The van der Waals surface area contributed by atoms with Crippen molar-refractivity contribution in [1.82, 2.24) is 0 Å². The van der Waals surface area contributed by atoms with Crippen LogP contribution in [0.4, 0.5) is 0 Å². The van der Waals surface area contributed by atoms with Gasteiger partial charge >= 0.3 is 11.9 Å². The van der Waals surface area contributed by atoms with Gasteiger partial charge in [0.1, 0.15) is 0 Å². The molecule has 0 bridgehead atoms. The van der Waals surface area contributed by atoms with Crippen molar-refractivity contribution in [1.29, 1.82) is 0 Å². The SMILES string of the molecule is CCCCCCCC/C=C/CC(=O)O.CCCCCCCCCC=CC(=O)O. The van der Waals surface area contributed by atoms with Crippen LogP contribution in [0.5, 0.6) is 0 Å². The van der Waals surface area contributed by atoms with Gasteiger partial charge in [-0.25, -0.2) is 4.79 Å². The van der Waals surface area contributed by atoms with Crippen molar-refractivity contribution < 1.29 is 19.8 Å². The zero-order valence-corrected chi connectivity index (χ0v) is 18.3. The van der Waals surface area contributed by atoms with E-state index in [4.69, 9.17) is 10.2 Å². The average molecular weight is 397 g/mol. The number of hydrogen-bond acceptors (Lipinski definition) is 2. The van der Waals surface area contributed by atoms with E-state index >= 15 is 0 Å². The molecule has 0 fully saturated rings. The summed E-state index contributed by atoms with van der Waals surface area (Å²) in [6, 6.07) is 0. The fourth-order valence-corrected chi connectivity index (χ4v) is 2.75. The van der Waals surface area contributed by atoms with Crippen LogP contribution in [-0.2, 0) is 9.59 Å². The molecule has 0 heterocycles. The van der Waals surface area contributed by atoms with E-state index in [1.165, 1.54) is 83.1 Å². The molecule has 28 heavy (non-hydrogen) atoms. The molecule has 0 aliphatic heterocycles. The summed E-state index contributed by atoms with van der Waals surface area (Å²) in [7, 11) is 0. The number of carbonyl (C=O) groups is 2. The van der Waals surface area contributed by atoms with Crippen LogP contribution < -0.4 is 0 Å². The van der Waals surface area contributed by atoms with Gasteiger partial charge in [0.15, 0.2) is 0 Å². The van der Waals surface area contributed by atoms with Crippen LogP contribution in [0, 0.1) is 0 Å². The normalized spacial score (nSPS) is 10.9. The minimum absolute atomic E-state index is 0.163. The molecule has 0 rings (SSSR count). The maximum absolute atomic E-state index is 10.2. The second kappa shape index (κ2) is 25.4. The molecule has 0 atom stereocenters. The van der Waals surface area contributed by atoms with Crippen LogP contribution in [0.1, 0.15) is 117 Å². The van der Waals surface area contributed by atoms with E-state index in [1.807, 2.05) is 6.08 Å². The summed E-state index contributed by atoms with van der Waals surface area (Å²) in [5.41, 5.74) is 0. The first-order valence-corrected chi connectivity index (χ1v) is 11.3. The average Bonchev–Trinajstić information content (AvgIpc) is 2.65. The van der Waals surface area contributed by atoms with Gasteiger partial charge in [0.25, 0.3) is 0 Å². The lowest BCUT2D eigenvalue weighted by molar-refractivity contribution is -0.136. The van der Waals surface area contributed by atoms with Crippen molar-refractivity contribution in [2.45, 2.75) is 117 Å². The molecule has 0 spiro atoms. The third kappa shape index (κ3) is 32.1. The number of hydrogen-bond donors (Lipinski definition) is 2. The minimum Gasteiger partial charge on any atom is -0.481 e. The van der Waals surface area contributed by atoms with Crippen LogP contribution in [-0.4, -0.2) is 22.2 Å². The molecular formula is C24H44O4. The van der Waals surface area contributed by atoms with Crippen molar-refractivity contribution in [3.05, 3.63) is 24.3 Å². The number of allylic oxidation sites excluding steroid dienone is 2. The lowest BCUT2D eigenvalue weighted by atomic mass is 10.1. The van der Waals surface area contributed by atoms with Gasteiger partial charge in [0, 0.05) is 6.08 Å². The van der Waals surface area contributed by atoms with Crippen LogP contribution in [0.15, 0.2) is 24.3 Å². The maximum Gasteiger partial charge on any atom is 0.327 e. The predicted molar refractivity (Wildman–Crippen MR) is 119 cm³/mol. The second-order valence-electron chi connectivity index (χ2n) is 7.28. The third-order valence-corrected chi connectivity index (χ3v) is 4.42. The van der Waals surface area contributed by atoms with Crippen LogP contribution in [0.3, 0.4) is 0 Å². The van der Waals surface area contributed by atoms with E-state index in [2.05, 4.69) is 13.8 Å². The third-order valence-electron chi connectivity index (χ3n) is 4.42. The lowest BCUT2D eigenvalue weighted by Crippen LogP contribution is -1.89. The van der Waals surface area contributed by atoms with Gasteiger partial charge < -0.3 is 10.2 Å². The molecule has 0 aromatic rings. The molecule has 0 saturated carbocycles. The summed E-state index contributed by atoms with van der Waals surface area (Å²) in [5.74, 6) is -1.59. The molecule has 0 aromatic heterocycles. The Morgan fingerprint density at radius 1 is 0.607 bits per heavy atom. The fraction of sp³-hybridized carbons (Fsp3) is 0.750. The number of unbranched alkanes of at least 4 members (excludes halogenated alkanes) is 13. The van der Waals surface area contributed by atoms with Crippen molar-refractivity contribution in [3.63, 3.8) is 0 Å². The van der Waals surface area contributed by atoms with Crippen LogP contribution >= 0.6 is 0 Å². The molecule has 0 aliphatic rings. The molecule has 0 saturated heterocycles. The van der Waals surface area contributed by atoms with Gasteiger partial charge in [-0.15, -0.1) is 0 Å². The smallest absolute Gasteiger partial charge is 0.327 e. The van der Waals surface area contributed by atoms with Crippen molar-refractivity contribution >= 4 is 11.9 Å². The van der Waals surface area contributed by atoms with Gasteiger partial charge in [0.05, 0.1) is 6.42 Å². The summed E-state index contributed by atoms with van der Waals surface area (Å²) in [6.45, 7) is 4.44. The van der Waals surface area contributed by atoms with E-state index in [0.717, 1.165) is 19.3 Å². The van der Waals surface area contributed by atoms with E-state index in [1.54, 1.807) is 12.2 Å². The molecule has 0 unspecified atom stereocenters. The van der Waals surface area contributed by atoms with Gasteiger partial charge in [-0.3, -0.25) is 4.79 Å². The minimum atomic E-state index is -0.840. The molecule has 4 nitrogen and oxygen atoms in total. The van der Waals surface area contributed by atoms with E-state index in [0.29, 0.717) is 0 Å². The van der Waals surface area contributed by atoms with Crippen molar-refractivity contribution in [2.24, 2.45) is 0 Å². The predicted octanol–water partition coefficient (Wildman–Crippen LogP) is 7.54. The van der Waals surface area contributed by atoms with Gasteiger partial charge in [-0.2, -0.15) is 0 Å². The Kier molecular flexibility index (Phi) is 26.0. The zero-order chi connectivity index (χ0) is 21.3. The molecule has 164 valence electrons. The first kappa shape index (κ1) is 28.6. The standard InChI is InChI=1S/2C12H22O2/c2*1-2-3-4-5-6-7-8-9-10-11-12(13)14/h10-11H,2-9H2,1H3,(H,13,14);9-10H,2-8,11H2,1H3,(H,13,14)/b;10-9+. The Hall–Kier alpha value is -1.58. The maximum atomic E-state index is 10.2. The largest absolute Gasteiger partial charge is 0.481 e. The van der Waals surface area contributed by atoms with Gasteiger partial charge in [-0.05, 0) is 25.7 Å². The number of aliphatic carboxylic acids is 2. The zero-order valence-electron chi connectivity index (χ0n) is 18.3. The molecule has 2 N–H and O–H groups in total. The number of rotatable bonds is 18. The summed E-state index contributed by atoms with van der Waals surface area (Å²) >= 11 is 0. The van der Waals surface area contributed by atoms with Crippen LogP contribution in [0.2, 0.25) is 0 Å². The highest BCUT2D eigenvalue weighted by Gasteiger charge is 1.91. The lowest BCUT2D eigenvalue weighted by Gasteiger charge is -1.98. The molecular weight excluding hydrogens is 352 g/mol.